The van der Waals surface area contributed by atoms with Gasteiger partial charge in [-0.3, -0.25) is 4.79 Å². The maximum atomic E-state index is 12.9. The van der Waals surface area contributed by atoms with Gasteiger partial charge in [-0.2, -0.15) is 17.5 Å². The standard InChI is InChI=1S/C20H21ClF3N3O3S/c21-17-6-4-15(5-7-17)19(28)25-8-13-31(29,30)27-11-9-26(10-12-27)18-3-1-2-16(14-18)20(22,23)24/h1-7,14H,8-13H2,(H,25,28). The van der Waals surface area contributed by atoms with Crippen molar-refractivity contribution in [2.75, 3.05) is 43.4 Å². The molecule has 1 saturated heterocycles. The van der Waals surface area contributed by atoms with Gasteiger partial charge in [0.25, 0.3) is 5.91 Å². The Hall–Kier alpha value is -2.30. The Labute approximate surface area is 183 Å². The second-order valence-electron chi connectivity index (χ2n) is 7.01. The third-order valence-electron chi connectivity index (χ3n) is 4.92. The summed E-state index contributed by atoms with van der Waals surface area (Å²) in [5.74, 6) is -0.670. The maximum Gasteiger partial charge on any atom is 0.416 e. The van der Waals surface area contributed by atoms with Crippen molar-refractivity contribution in [3.8, 4) is 0 Å². The Kier molecular flexibility index (Phi) is 7.13. The van der Waals surface area contributed by atoms with Crippen LogP contribution in [-0.2, 0) is 16.2 Å². The summed E-state index contributed by atoms with van der Waals surface area (Å²) < 4.78 is 65.2. The third-order valence-corrected chi connectivity index (χ3v) is 7.05. The first kappa shape index (κ1) is 23.4. The lowest BCUT2D eigenvalue weighted by Crippen LogP contribution is -2.50. The topological polar surface area (TPSA) is 69.7 Å². The van der Waals surface area contributed by atoms with E-state index in [1.807, 2.05) is 0 Å². The number of alkyl halides is 3. The third kappa shape index (κ3) is 6.11. The number of halogens is 4. The maximum absolute atomic E-state index is 12.9. The van der Waals surface area contributed by atoms with Crippen LogP contribution >= 0.6 is 11.6 Å². The average Bonchev–Trinajstić information content (AvgIpc) is 2.73. The van der Waals surface area contributed by atoms with Gasteiger partial charge in [-0.05, 0) is 42.5 Å². The van der Waals surface area contributed by atoms with Gasteiger partial charge >= 0.3 is 6.18 Å². The molecule has 0 aliphatic carbocycles. The van der Waals surface area contributed by atoms with Gasteiger partial charge in [-0.1, -0.05) is 17.7 Å². The molecule has 1 amide bonds. The number of carbonyl (C=O) groups is 1. The SMILES string of the molecule is O=C(NCCS(=O)(=O)N1CCN(c2cccc(C(F)(F)F)c2)CC1)c1ccc(Cl)cc1. The fourth-order valence-corrected chi connectivity index (χ4v) is 4.69. The number of nitrogens with one attached hydrogen (secondary N) is 1. The molecule has 2 aromatic carbocycles. The molecule has 1 heterocycles. The van der Waals surface area contributed by atoms with Gasteiger partial charge in [0, 0.05) is 49.0 Å². The summed E-state index contributed by atoms with van der Waals surface area (Å²) in [5, 5.41) is 3.05. The summed E-state index contributed by atoms with van der Waals surface area (Å²) >= 11 is 5.77. The van der Waals surface area contributed by atoms with Crippen molar-refractivity contribution in [3.05, 3.63) is 64.7 Å². The highest BCUT2D eigenvalue weighted by atomic mass is 35.5. The number of nitrogens with zero attached hydrogens (tertiary/aromatic N) is 2. The van der Waals surface area contributed by atoms with Crippen LogP contribution in [0.2, 0.25) is 5.02 Å². The van der Waals surface area contributed by atoms with Crippen LogP contribution in [0, 0.1) is 0 Å². The minimum absolute atomic E-state index is 0.0579. The summed E-state index contributed by atoms with van der Waals surface area (Å²) in [6.45, 7) is 0.806. The molecular weight excluding hydrogens is 455 g/mol. The zero-order chi connectivity index (χ0) is 22.6. The molecule has 0 aromatic heterocycles. The number of sulfonamides is 1. The number of piperazine rings is 1. The zero-order valence-corrected chi connectivity index (χ0v) is 18.0. The van der Waals surface area contributed by atoms with E-state index in [1.165, 1.54) is 10.4 Å². The molecule has 2 aromatic rings. The Bertz CT molecular complexity index is 1020. The Balaban J connectivity index is 1.51. The number of amides is 1. The van der Waals surface area contributed by atoms with Crippen LogP contribution in [0.15, 0.2) is 48.5 Å². The molecule has 0 bridgehead atoms. The Morgan fingerprint density at radius 2 is 1.68 bits per heavy atom. The number of benzene rings is 2. The molecular formula is C20H21ClF3N3O3S. The highest BCUT2D eigenvalue weighted by Crippen LogP contribution is 2.32. The lowest BCUT2D eigenvalue weighted by molar-refractivity contribution is -0.137. The lowest BCUT2D eigenvalue weighted by atomic mass is 10.1. The van der Waals surface area contributed by atoms with Crippen molar-refractivity contribution >= 4 is 33.2 Å². The van der Waals surface area contributed by atoms with Crippen LogP contribution < -0.4 is 10.2 Å². The van der Waals surface area contributed by atoms with Crippen molar-refractivity contribution in [1.82, 2.24) is 9.62 Å². The van der Waals surface area contributed by atoms with Crippen molar-refractivity contribution in [2.24, 2.45) is 0 Å². The monoisotopic (exact) mass is 475 g/mol. The van der Waals surface area contributed by atoms with Gasteiger partial charge in [0.1, 0.15) is 0 Å². The van der Waals surface area contributed by atoms with E-state index < -0.39 is 27.7 Å². The van der Waals surface area contributed by atoms with E-state index in [0.29, 0.717) is 16.3 Å². The van der Waals surface area contributed by atoms with Crippen LogP contribution in [-0.4, -0.2) is 57.1 Å². The van der Waals surface area contributed by atoms with Gasteiger partial charge in [0.15, 0.2) is 0 Å². The summed E-state index contributed by atoms with van der Waals surface area (Å²) in [5.41, 5.74) is 0.0371. The fourth-order valence-electron chi connectivity index (χ4n) is 3.23. The summed E-state index contributed by atoms with van der Waals surface area (Å²) in [7, 11) is -3.61. The van der Waals surface area contributed by atoms with Crippen molar-refractivity contribution in [2.45, 2.75) is 6.18 Å². The summed E-state index contributed by atoms with van der Waals surface area (Å²) in [6.07, 6.45) is -4.43. The largest absolute Gasteiger partial charge is 0.416 e. The number of carbonyl (C=O) groups excluding carboxylic acids is 1. The molecule has 6 nitrogen and oxygen atoms in total. The molecule has 1 N–H and O–H groups in total. The van der Waals surface area contributed by atoms with Gasteiger partial charge < -0.3 is 10.2 Å². The molecule has 31 heavy (non-hydrogen) atoms. The number of hydrogen-bond acceptors (Lipinski definition) is 4. The van der Waals surface area contributed by atoms with Crippen molar-refractivity contribution in [1.29, 1.82) is 0 Å². The second kappa shape index (κ2) is 9.46. The lowest BCUT2D eigenvalue weighted by Gasteiger charge is -2.35. The first-order chi connectivity index (χ1) is 14.6. The van der Waals surface area contributed by atoms with E-state index in [2.05, 4.69) is 5.32 Å². The van der Waals surface area contributed by atoms with Crippen LogP contribution in [0.4, 0.5) is 18.9 Å². The fraction of sp³-hybridized carbons (Fsp3) is 0.350. The quantitative estimate of drug-likeness (QED) is 0.696. The van der Waals surface area contributed by atoms with Crippen molar-refractivity contribution in [3.63, 3.8) is 0 Å². The molecule has 0 atom stereocenters. The van der Waals surface area contributed by atoms with Gasteiger partial charge in [-0.25, -0.2) is 8.42 Å². The highest BCUT2D eigenvalue weighted by Gasteiger charge is 2.32. The summed E-state index contributed by atoms with van der Waals surface area (Å²) in [4.78, 5) is 13.8. The number of hydrogen-bond donors (Lipinski definition) is 1. The van der Waals surface area contributed by atoms with E-state index in [4.69, 9.17) is 11.6 Å². The van der Waals surface area contributed by atoms with Crippen molar-refractivity contribution < 1.29 is 26.4 Å². The van der Waals surface area contributed by atoms with E-state index in [0.717, 1.165) is 12.1 Å². The molecule has 3 rings (SSSR count). The molecule has 1 fully saturated rings. The van der Waals surface area contributed by atoms with Gasteiger partial charge in [0.2, 0.25) is 10.0 Å². The average molecular weight is 476 g/mol. The first-order valence-corrected chi connectivity index (χ1v) is 11.5. The second-order valence-corrected chi connectivity index (χ2v) is 9.54. The Morgan fingerprint density at radius 1 is 1.03 bits per heavy atom. The van der Waals surface area contributed by atoms with Gasteiger partial charge in [0.05, 0.1) is 11.3 Å². The van der Waals surface area contributed by atoms with E-state index in [9.17, 15) is 26.4 Å². The predicted molar refractivity (Wildman–Crippen MR) is 113 cm³/mol. The number of anilines is 1. The molecule has 0 unspecified atom stereocenters. The minimum atomic E-state index is -4.43. The van der Waals surface area contributed by atoms with Crippen LogP contribution in [0.25, 0.3) is 0 Å². The van der Waals surface area contributed by atoms with Crippen LogP contribution in [0.3, 0.4) is 0 Å². The Morgan fingerprint density at radius 3 is 2.29 bits per heavy atom. The summed E-state index contributed by atoms with van der Waals surface area (Å²) in [6, 6.07) is 11.2. The molecule has 1 aliphatic heterocycles. The predicted octanol–water partition coefficient (Wildman–Crippen LogP) is 3.24. The molecule has 0 saturated carbocycles. The van der Waals surface area contributed by atoms with E-state index >= 15 is 0 Å². The minimum Gasteiger partial charge on any atom is -0.369 e. The molecule has 11 heteroatoms. The highest BCUT2D eigenvalue weighted by molar-refractivity contribution is 7.89. The van der Waals surface area contributed by atoms with E-state index in [1.54, 1.807) is 35.2 Å². The normalized spacial score (nSPS) is 15.7. The van der Waals surface area contributed by atoms with Crippen LogP contribution in [0.5, 0.6) is 0 Å². The smallest absolute Gasteiger partial charge is 0.369 e. The molecule has 0 spiro atoms. The molecule has 1 aliphatic rings. The first-order valence-electron chi connectivity index (χ1n) is 9.50. The van der Waals surface area contributed by atoms with Gasteiger partial charge in [-0.15, -0.1) is 0 Å². The van der Waals surface area contributed by atoms with Crippen LogP contribution in [0.1, 0.15) is 15.9 Å². The van der Waals surface area contributed by atoms with E-state index in [-0.39, 0.29) is 38.5 Å². The zero-order valence-electron chi connectivity index (χ0n) is 16.4. The number of rotatable bonds is 6. The molecule has 0 radical (unpaired) electrons. The molecule has 168 valence electrons.